The average Bonchev–Trinajstić information content (AvgIpc) is 3.07. The number of hydrogen-bond donors (Lipinski definition) is 0. The van der Waals surface area contributed by atoms with Gasteiger partial charge in [0.1, 0.15) is 23.6 Å². The third-order valence-corrected chi connectivity index (χ3v) is 3.50. The molecule has 0 bridgehead atoms. The summed E-state index contributed by atoms with van der Waals surface area (Å²) in [6.07, 6.45) is 1.69. The smallest absolute Gasteiger partial charge is 0.245 e. The van der Waals surface area contributed by atoms with Crippen LogP contribution in [-0.4, -0.2) is 29.4 Å². The van der Waals surface area contributed by atoms with Crippen molar-refractivity contribution < 1.29 is 13.2 Å². The van der Waals surface area contributed by atoms with Crippen molar-refractivity contribution in [2.75, 3.05) is 0 Å². The van der Waals surface area contributed by atoms with Gasteiger partial charge in [0.25, 0.3) is 0 Å². The van der Waals surface area contributed by atoms with Gasteiger partial charge in [-0.05, 0) is 0 Å². The third-order valence-electron chi connectivity index (χ3n) is 2.65. The van der Waals surface area contributed by atoms with Crippen LogP contribution in [-0.2, 0) is 12.7 Å². The molecular weight excluding hydrogens is 321 g/mol. The van der Waals surface area contributed by atoms with Crippen molar-refractivity contribution in [3.8, 4) is 23.0 Å². The van der Waals surface area contributed by atoms with E-state index in [0.717, 1.165) is 32.1 Å². The summed E-state index contributed by atoms with van der Waals surface area (Å²) in [6, 6.07) is 0. The molecule has 0 aliphatic carbocycles. The van der Waals surface area contributed by atoms with Gasteiger partial charge in [-0.25, -0.2) is 19.2 Å². The zero-order valence-electron chi connectivity index (χ0n) is 10.6. The Balaban J connectivity index is 2.14. The second kappa shape index (κ2) is 4.92. The Hall–Kier alpha value is -2.74. The van der Waals surface area contributed by atoms with Crippen molar-refractivity contribution in [2.24, 2.45) is 0 Å². The van der Waals surface area contributed by atoms with E-state index in [0.29, 0.717) is 0 Å². The van der Waals surface area contributed by atoms with Gasteiger partial charge in [-0.2, -0.15) is 17.9 Å². The van der Waals surface area contributed by atoms with Crippen LogP contribution in [0.3, 0.4) is 0 Å². The fraction of sp³-hybridized carbons (Fsp3) is 0.182. The van der Waals surface area contributed by atoms with Gasteiger partial charge in [0.05, 0.1) is 0 Å². The summed E-state index contributed by atoms with van der Waals surface area (Å²) in [5, 5.41) is 8.25. The second-order valence-corrected chi connectivity index (χ2v) is 4.91. The first-order valence-electron chi connectivity index (χ1n) is 5.69. The summed E-state index contributed by atoms with van der Waals surface area (Å²) in [7, 11) is 0. The maximum atomic E-state index is 12.6. The highest BCUT2D eigenvalue weighted by Crippen LogP contribution is 2.33. The quantitative estimate of drug-likeness (QED) is 0.658. The minimum atomic E-state index is -4.55. The van der Waals surface area contributed by atoms with E-state index in [1.807, 2.05) is 0 Å². The fourth-order valence-corrected chi connectivity index (χ4v) is 2.50. The van der Waals surface area contributed by atoms with Gasteiger partial charge in [-0.1, -0.05) is 11.1 Å². The van der Waals surface area contributed by atoms with E-state index in [1.165, 1.54) is 0 Å². The summed E-state index contributed by atoms with van der Waals surface area (Å²) in [4.78, 5) is 19.4. The fourth-order valence-electron chi connectivity index (χ4n) is 1.69. The first-order valence-corrected chi connectivity index (χ1v) is 6.57. The van der Waals surface area contributed by atoms with E-state index in [1.54, 1.807) is 0 Å². The molecule has 0 atom stereocenters. The predicted molar refractivity (Wildman–Crippen MR) is 70.0 cm³/mol. The van der Waals surface area contributed by atoms with Crippen LogP contribution in [0.25, 0.3) is 16.3 Å². The highest BCUT2D eigenvalue weighted by molar-refractivity contribution is 7.13. The van der Waals surface area contributed by atoms with Crippen LogP contribution in [0.1, 0.15) is 5.69 Å². The van der Waals surface area contributed by atoms with Crippen LogP contribution < -0.4 is 5.69 Å². The molecule has 0 aliphatic heterocycles. The lowest BCUT2D eigenvalue weighted by Gasteiger charge is -2.00. The summed E-state index contributed by atoms with van der Waals surface area (Å²) in [6.45, 7) is -0.0786. The number of rotatable bonds is 2. The van der Waals surface area contributed by atoms with Gasteiger partial charge in [0, 0.05) is 5.38 Å². The molecule has 0 saturated carbocycles. The standard InChI is InChI=1S/C11H5F3N6OS/c1-2-3-20-10(21)19-5-15-7(8(19)17-18-20)9-16-6(4-22-9)11(12,13)14/h1,4-5H,3H2. The molecule has 0 aromatic carbocycles. The monoisotopic (exact) mass is 326 g/mol. The van der Waals surface area contributed by atoms with E-state index in [-0.39, 0.29) is 22.9 Å². The molecule has 0 saturated heterocycles. The number of hydrogen-bond acceptors (Lipinski definition) is 6. The predicted octanol–water partition coefficient (Wildman–Crippen LogP) is 1.06. The minimum absolute atomic E-state index is 0.00164. The molecule has 0 aliphatic rings. The molecule has 3 heterocycles. The largest absolute Gasteiger partial charge is 0.434 e. The Labute approximate surface area is 124 Å². The van der Waals surface area contributed by atoms with Gasteiger partial charge in [-0.15, -0.1) is 22.9 Å². The van der Waals surface area contributed by atoms with Gasteiger partial charge < -0.3 is 0 Å². The van der Waals surface area contributed by atoms with Crippen molar-refractivity contribution in [1.82, 2.24) is 29.4 Å². The molecule has 0 amide bonds. The highest BCUT2D eigenvalue weighted by Gasteiger charge is 2.34. The summed E-state index contributed by atoms with van der Waals surface area (Å²) >= 11 is 0.753. The van der Waals surface area contributed by atoms with Crippen LogP contribution in [0.2, 0.25) is 0 Å². The topological polar surface area (TPSA) is 78.0 Å². The molecule has 3 rings (SSSR count). The Morgan fingerprint density at radius 2 is 2.18 bits per heavy atom. The van der Waals surface area contributed by atoms with Crippen LogP contribution >= 0.6 is 11.3 Å². The number of fused-ring (bicyclic) bond motifs is 1. The molecule has 22 heavy (non-hydrogen) atoms. The van der Waals surface area contributed by atoms with Crippen molar-refractivity contribution in [1.29, 1.82) is 0 Å². The third kappa shape index (κ3) is 2.23. The zero-order chi connectivity index (χ0) is 15.9. The van der Waals surface area contributed by atoms with Gasteiger partial charge in [-0.3, -0.25) is 0 Å². The molecule has 112 valence electrons. The summed E-state index contributed by atoms with van der Waals surface area (Å²) in [5.41, 5.74) is -1.55. The molecule has 0 radical (unpaired) electrons. The van der Waals surface area contributed by atoms with Gasteiger partial charge >= 0.3 is 11.9 Å². The lowest BCUT2D eigenvalue weighted by atomic mass is 10.4. The molecule has 0 fully saturated rings. The van der Waals surface area contributed by atoms with E-state index in [2.05, 4.69) is 26.2 Å². The first-order chi connectivity index (χ1) is 10.4. The SMILES string of the molecule is C#CCn1nnc2c(-c3nc(C(F)(F)F)cs3)ncn2c1=O. The van der Waals surface area contributed by atoms with Crippen molar-refractivity contribution >= 4 is 17.0 Å². The molecule has 0 N–H and O–H groups in total. The molecule has 3 aromatic rings. The lowest BCUT2D eigenvalue weighted by molar-refractivity contribution is -0.140. The summed E-state index contributed by atoms with van der Waals surface area (Å²) in [5.74, 6) is 2.24. The van der Waals surface area contributed by atoms with Gasteiger partial charge in [0.15, 0.2) is 11.3 Å². The second-order valence-electron chi connectivity index (χ2n) is 4.06. The van der Waals surface area contributed by atoms with Crippen molar-refractivity contribution in [3.05, 3.63) is 27.9 Å². The van der Waals surface area contributed by atoms with Gasteiger partial charge in [0.2, 0.25) is 0 Å². The average molecular weight is 326 g/mol. The number of nitrogens with zero attached hydrogens (tertiary/aromatic N) is 6. The number of alkyl halides is 3. The normalized spacial score (nSPS) is 11.7. The van der Waals surface area contributed by atoms with E-state index < -0.39 is 17.6 Å². The molecule has 3 aromatic heterocycles. The van der Waals surface area contributed by atoms with Crippen LogP contribution in [0, 0.1) is 12.3 Å². The van der Waals surface area contributed by atoms with Crippen LogP contribution in [0.4, 0.5) is 13.2 Å². The zero-order valence-corrected chi connectivity index (χ0v) is 11.4. The van der Waals surface area contributed by atoms with E-state index in [4.69, 9.17) is 6.42 Å². The minimum Gasteiger partial charge on any atom is -0.245 e. The number of imidazole rings is 1. The van der Waals surface area contributed by atoms with Crippen molar-refractivity contribution in [3.63, 3.8) is 0 Å². The Bertz CT molecular complexity index is 947. The molecule has 11 heteroatoms. The van der Waals surface area contributed by atoms with Crippen LogP contribution in [0.15, 0.2) is 16.5 Å². The number of aromatic nitrogens is 6. The number of terminal acetylenes is 1. The molecular formula is C11H5F3N6OS. The first kappa shape index (κ1) is 14.2. The molecule has 7 nitrogen and oxygen atoms in total. The van der Waals surface area contributed by atoms with Crippen molar-refractivity contribution in [2.45, 2.75) is 12.7 Å². The molecule has 0 spiro atoms. The Morgan fingerprint density at radius 1 is 1.41 bits per heavy atom. The number of thiazole rings is 1. The lowest BCUT2D eigenvalue weighted by Crippen LogP contribution is -2.29. The maximum Gasteiger partial charge on any atom is 0.434 e. The molecule has 0 unspecified atom stereocenters. The van der Waals surface area contributed by atoms with Crippen LogP contribution in [0.5, 0.6) is 0 Å². The maximum absolute atomic E-state index is 12.6. The summed E-state index contributed by atoms with van der Waals surface area (Å²) < 4.78 is 39.7. The Morgan fingerprint density at radius 3 is 2.82 bits per heavy atom. The van der Waals surface area contributed by atoms with E-state index in [9.17, 15) is 18.0 Å². The Kier molecular flexibility index (Phi) is 3.18. The number of halogens is 3. The highest BCUT2D eigenvalue weighted by atomic mass is 32.1. The van der Waals surface area contributed by atoms with E-state index >= 15 is 0 Å².